The Bertz CT molecular complexity index is 404. The van der Waals surface area contributed by atoms with Crippen molar-refractivity contribution in [2.75, 3.05) is 6.54 Å². The highest BCUT2D eigenvalue weighted by Crippen LogP contribution is 2.48. The van der Waals surface area contributed by atoms with E-state index in [1.54, 1.807) is 5.57 Å². The Morgan fingerprint density at radius 3 is 2.87 bits per heavy atom. The summed E-state index contributed by atoms with van der Waals surface area (Å²) in [5, 5.41) is 20.4. The zero-order chi connectivity index (χ0) is 16.7. The van der Waals surface area contributed by atoms with Crippen LogP contribution in [0.3, 0.4) is 0 Å². The van der Waals surface area contributed by atoms with Crippen LogP contribution in [0.2, 0.25) is 0 Å². The minimum absolute atomic E-state index is 0.212. The summed E-state index contributed by atoms with van der Waals surface area (Å²) >= 11 is 0. The molecule has 0 aliphatic heterocycles. The molecule has 0 aromatic heterocycles. The van der Waals surface area contributed by atoms with Crippen LogP contribution in [0, 0.1) is 17.8 Å². The third-order valence-electron chi connectivity index (χ3n) is 5.56. The second-order valence-electron chi connectivity index (χ2n) is 7.43. The van der Waals surface area contributed by atoms with Crippen LogP contribution >= 0.6 is 0 Å². The summed E-state index contributed by atoms with van der Waals surface area (Å²) in [4.78, 5) is 0. The largest absolute Gasteiger partial charge is 0.392 e. The van der Waals surface area contributed by atoms with E-state index < -0.39 is 0 Å². The Labute approximate surface area is 141 Å². The van der Waals surface area contributed by atoms with Gasteiger partial charge in [-0.3, -0.25) is 0 Å². The van der Waals surface area contributed by atoms with Gasteiger partial charge >= 0.3 is 0 Å². The number of rotatable bonds is 10. The summed E-state index contributed by atoms with van der Waals surface area (Å²) < 4.78 is 0. The van der Waals surface area contributed by atoms with E-state index in [-0.39, 0.29) is 18.1 Å². The van der Waals surface area contributed by atoms with Gasteiger partial charge in [0.15, 0.2) is 0 Å². The lowest BCUT2D eigenvalue weighted by Gasteiger charge is -2.19. The predicted molar refractivity (Wildman–Crippen MR) is 96.0 cm³/mol. The molecule has 4 N–H and O–H groups in total. The van der Waals surface area contributed by atoms with Crippen LogP contribution in [-0.4, -0.2) is 29.0 Å². The second-order valence-corrected chi connectivity index (χ2v) is 7.43. The number of fused-ring (bicyclic) bond motifs is 1. The molecule has 0 radical (unpaired) electrons. The molecule has 0 heterocycles. The molecule has 0 aromatic rings. The van der Waals surface area contributed by atoms with Crippen molar-refractivity contribution in [3.63, 3.8) is 0 Å². The van der Waals surface area contributed by atoms with Gasteiger partial charge in [-0.2, -0.15) is 0 Å². The average molecular weight is 322 g/mol. The number of nitrogens with two attached hydrogens (primary N) is 1. The molecule has 0 aromatic carbocycles. The fourth-order valence-corrected chi connectivity index (χ4v) is 4.24. The second kappa shape index (κ2) is 9.61. The molecule has 0 spiro atoms. The molecule has 3 heteroatoms. The van der Waals surface area contributed by atoms with Crippen molar-refractivity contribution in [3.8, 4) is 0 Å². The smallest absolute Gasteiger partial charge is 0.0721 e. The highest BCUT2D eigenvalue weighted by atomic mass is 16.3. The molecule has 3 nitrogen and oxygen atoms in total. The molecule has 1 fully saturated rings. The van der Waals surface area contributed by atoms with Gasteiger partial charge in [0.05, 0.1) is 12.2 Å². The van der Waals surface area contributed by atoms with Gasteiger partial charge in [-0.15, -0.1) is 0 Å². The maximum Gasteiger partial charge on any atom is 0.0721 e. The lowest BCUT2D eigenvalue weighted by Crippen LogP contribution is -2.18. The van der Waals surface area contributed by atoms with Crippen LogP contribution in [0.1, 0.15) is 64.7 Å². The van der Waals surface area contributed by atoms with Crippen molar-refractivity contribution in [2.24, 2.45) is 23.5 Å². The van der Waals surface area contributed by atoms with Crippen LogP contribution < -0.4 is 5.73 Å². The number of unbranched alkanes of at least 4 members (excludes halogenated alkanes) is 3. The topological polar surface area (TPSA) is 66.5 Å². The Hall–Kier alpha value is -0.640. The number of allylic oxidation sites excluding steroid dienone is 2. The summed E-state index contributed by atoms with van der Waals surface area (Å²) in [6, 6.07) is 0. The van der Waals surface area contributed by atoms with Gasteiger partial charge < -0.3 is 15.9 Å². The highest BCUT2D eigenvalue weighted by molar-refractivity contribution is 5.20. The van der Waals surface area contributed by atoms with E-state index in [0.717, 1.165) is 45.1 Å². The maximum absolute atomic E-state index is 10.3. The molecule has 0 saturated heterocycles. The summed E-state index contributed by atoms with van der Waals surface area (Å²) in [6.45, 7) is 2.95. The molecular weight excluding hydrogens is 286 g/mol. The van der Waals surface area contributed by atoms with Crippen LogP contribution in [0.25, 0.3) is 0 Å². The first kappa shape index (κ1) is 18.7. The third-order valence-corrected chi connectivity index (χ3v) is 5.56. The van der Waals surface area contributed by atoms with E-state index in [1.165, 1.54) is 19.3 Å². The average Bonchev–Trinajstić information content (AvgIpc) is 3.02. The van der Waals surface area contributed by atoms with Crippen molar-refractivity contribution in [2.45, 2.75) is 76.9 Å². The third kappa shape index (κ3) is 5.44. The van der Waals surface area contributed by atoms with Crippen LogP contribution in [0.4, 0.5) is 0 Å². The quantitative estimate of drug-likeness (QED) is 0.426. The van der Waals surface area contributed by atoms with Gasteiger partial charge in [0.2, 0.25) is 0 Å². The summed E-state index contributed by atoms with van der Waals surface area (Å²) in [5.41, 5.74) is 7.13. The van der Waals surface area contributed by atoms with E-state index in [2.05, 4.69) is 19.1 Å². The molecule has 2 aliphatic carbocycles. The maximum atomic E-state index is 10.3. The van der Waals surface area contributed by atoms with Crippen molar-refractivity contribution in [1.82, 2.24) is 0 Å². The zero-order valence-electron chi connectivity index (χ0n) is 14.7. The molecule has 1 saturated carbocycles. The predicted octanol–water partition coefficient (Wildman–Crippen LogP) is 3.56. The summed E-state index contributed by atoms with van der Waals surface area (Å²) in [7, 11) is 0. The van der Waals surface area contributed by atoms with Gasteiger partial charge in [0, 0.05) is 5.92 Å². The van der Waals surface area contributed by atoms with Crippen LogP contribution in [0.15, 0.2) is 23.8 Å². The molecule has 0 bridgehead atoms. The zero-order valence-corrected chi connectivity index (χ0v) is 14.7. The number of aliphatic hydroxyl groups is 2. The lowest BCUT2D eigenvalue weighted by atomic mass is 9.88. The van der Waals surface area contributed by atoms with Gasteiger partial charge in [-0.05, 0) is 56.9 Å². The van der Waals surface area contributed by atoms with E-state index in [9.17, 15) is 10.2 Å². The molecule has 23 heavy (non-hydrogen) atoms. The van der Waals surface area contributed by atoms with Gasteiger partial charge in [-0.1, -0.05) is 50.0 Å². The summed E-state index contributed by atoms with van der Waals surface area (Å²) in [6.07, 6.45) is 15.6. The Morgan fingerprint density at radius 2 is 2.13 bits per heavy atom. The molecule has 2 rings (SSSR count). The van der Waals surface area contributed by atoms with Crippen molar-refractivity contribution in [3.05, 3.63) is 23.8 Å². The number of hydrogen-bond acceptors (Lipinski definition) is 3. The number of hydrogen-bond donors (Lipinski definition) is 3. The van der Waals surface area contributed by atoms with Crippen molar-refractivity contribution < 1.29 is 10.2 Å². The van der Waals surface area contributed by atoms with Gasteiger partial charge in [0.1, 0.15) is 0 Å². The SMILES string of the molecule is CCCCC[C@H](O)/C=C/[C@@H]1[C@H]2CC(CCCCN)=C[C@H]2C[C@H]1O. The van der Waals surface area contributed by atoms with E-state index in [4.69, 9.17) is 5.73 Å². The van der Waals surface area contributed by atoms with Crippen molar-refractivity contribution >= 4 is 0 Å². The van der Waals surface area contributed by atoms with Crippen LogP contribution in [0.5, 0.6) is 0 Å². The minimum atomic E-state index is -0.355. The van der Waals surface area contributed by atoms with Crippen molar-refractivity contribution in [1.29, 1.82) is 0 Å². The van der Waals surface area contributed by atoms with E-state index in [0.29, 0.717) is 11.8 Å². The fourth-order valence-electron chi connectivity index (χ4n) is 4.24. The fraction of sp³-hybridized carbons (Fsp3) is 0.800. The molecule has 2 aliphatic rings. The molecule has 132 valence electrons. The first-order valence-electron chi connectivity index (χ1n) is 9.59. The summed E-state index contributed by atoms with van der Waals surface area (Å²) in [5.74, 6) is 1.28. The monoisotopic (exact) mass is 321 g/mol. The minimum Gasteiger partial charge on any atom is -0.392 e. The lowest BCUT2D eigenvalue weighted by molar-refractivity contribution is 0.139. The highest BCUT2D eigenvalue weighted by Gasteiger charge is 2.43. The van der Waals surface area contributed by atoms with Gasteiger partial charge in [0.25, 0.3) is 0 Å². The first-order chi connectivity index (χ1) is 11.2. The Morgan fingerprint density at radius 1 is 1.30 bits per heavy atom. The number of aliphatic hydroxyl groups excluding tert-OH is 2. The normalized spacial score (nSPS) is 31.6. The first-order valence-corrected chi connectivity index (χ1v) is 9.59. The standard InChI is InChI=1S/C20H35NO2/c1-2-3-4-8-17(22)9-10-18-19-13-15(7-5-6-11-21)12-16(19)14-20(18)23/h9-10,12,16-20,22-23H,2-8,11,13-14,21H2,1H3/b10-9+/t16-,17-,18+,19-,20+/m0/s1. The molecule has 0 amide bonds. The molecular formula is C20H35NO2. The van der Waals surface area contributed by atoms with Gasteiger partial charge in [-0.25, -0.2) is 0 Å². The molecule has 0 unspecified atom stereocenters. The molecule has 5 atom stereocenters. The van der Waals surface area contributed by atoms with E-state index >= 15 is 0 Å². The Balaban J connectivity index is 1.82. The van der Waals surface area contributed by atoms with E-state index in [1.807, 2.05) is 6.08 Å². The Kier molecular flexibility index (Phi) is 7.81. The van der Waals surface area contributed by atoms with Crippen LogP contribution in [-0.2, 0) is 0 Å².